The molecule has 1 heterocycles. The Bertz CT molecular complexity index is 154. The van der Waals surface area contributed by atoms with Crippen LogP contribution >= 0.6 is 0 Å². The van der Waals surface area contributed by atoms with Crippen molar-refractivity contribution in [2.45, 2.75) is 20.0 Å². The van der Waals surface area contributed by atoms with E-state index in [4.69, 9.17) is 0 Å². The van der Waals surface area contributed by atoms with E-state index in [1.165, 1.54) is 6.92 Å². The number of alkyl halides is 1. The molecule has 3 heteroatoms. The molecule has 0 amide bonds. The summed E-state index contributed by atoms with van der Waals surface area (Å²) in [6, 6.07) is 0. The molecule has 0 aromatic heterocycles. The van der Waals surface area contributed by atoms with Crippen LogP contribution in [0.5, 0.6) is 0 Å². The second-order valence-corrected chi connectivity index (χ2v) is 2.88. The normalized spacial score (nSPS) is 28.6. The van der Waals surface area contributed by atoms with E-state index in [1.807, 2.05) is 14.0 Å². The number of hydrogen-bond acceptors (Lipinski definition) is 2. The van der Waals surface area contributed by atoms with Crippen molar-refractivity contribution in [3.63, 3.8) is 0 Å². The SMILES string of the molecule is CC(F)C1=NN(C)CC1C. The Balaban J connectivity index is 2.65. The third-order valence-corrected chi connectivity index (χ3v) is 1.74. The van der Waals surface area contributed by atoms with Crippen LogP contribution in [0.1, 0.15) is 13.8 Å². The molecule has 0 saturated heterocycles. The van der Waals surface area contributed by atoms with Crippen molar-refractivity contribution in [2.75, 3.05) is 13.6 Å². The van der Waals surface area contributed by atoms with Crippen LogP contribution in [0.15, 0.2) is 5.10 Å². The van der Waals surface area contributed by atoms with E-state index in [1.54, 1.807) is 5.01 Å². The summed E-state index contributed by atoms with van der Waals surface area (Å²) in [5, 5.41) is 5.83. The Hall–Kier alpha value is -0.600. The van der Waals surface area contributed by atoms with Crippen LogP contribution in [0.4, 0.5) is 4.39 Å². The van der Waals surface area contributed by atoms with Crippen LogP contribution in [-0.2, 0) is 0 Å². The molecule has 10 heavy (non-hydrogen) atoms. The van der Waals surface area contributed by atoms with E-state index in [0.29, 0.717) is 5.71 Å². The van der Waals surface area contributed by atoms with E-state index in [-0.39, 0.29) is 5.92 Å². The van der Waals surface area contributed by atoms with Gasteiger partial charge < -0.3 is 0 Å². The molecule has 0 radical (unpaired) electrons. The van der Waals surface area contributed by atoms with Crippen LogP contribution < -0.4 is 0 Å². The molecule has 1 rings (SSSR count). The van der Waals surface area contributed by atoms with Gasteiger partial charge in [0.1, 0.15) is 6.17 Å². The third kappa shape index (κ3) is 1.28. The Labute approximate surface area is 60.7 Å². The summed E-state index contributed by atoms with van der Waals surface area (Å²) in [5.41, 5.74) is 0.683. The van der Waals surface area contributed by atoms with E-state index >= 15 is 0 Å². The van der Waals surface area contributed by atoms with Crippen LogP contribution in [0.25, 0.3) is 0 Å². The number of halogens is 1. The molecule has 2 unspecified atom stereocenters. The van der Waals surface area contributed by atoms with Gasteiger partial charge in [0.05, 0.1) is 5.71 Å². The van der Waals surface area contributed by atoms with Crippen LogP contribution in [-0.4, -0.2) is 30.5 Å². The summed E-state index contributed by atoms with van der Waals surface area (Å²) in [4.78, 5) is 0. The second kappa shape index (κ2) is 2.56. The van der Waals surface area contributed by atoms with Gasteiger partial charge in [0, 0.05) is 19.5 Å². The van der Waals surface area contributed by atoms with Gasteiger partial charge in [-0.25, -0.2) is 4.39 Å². The molecule has 0 fully saturated rings. The van der Waals surface area contributed by atoms with Crippen molar-refractivity contribution in [1.82, 2.24) is 5.01 Å². The lowest BCUT2D eigenvalue weighted by Crippen LogP contribution is -2.19. The average Bonchev–Trinajstić information content (AvgIpc) is 2.10. The molecule has 2 atom stereocenters. The molecular formula is C7H13FN2. The van der Waals surface area contributed by atoms with E-state index in [0.717, 1.165) is 6.54 Å². The average molecular weight is 144 g/mol. The minimum atomic E-state index is -0.889. The predicted molar refractivity (Wildman–Crippen MR) is 39.8 cm³/mol. The van der Waals surface area contributed by atoms with Gasteiger partial charge >= 0.3 is 0 Å². The van der Waals surface area contributed by atoms with Gasteiger partial charge in [-0.3, -0.25) is 5.01 Å². The maximum atomic E-state index is 12.7. The first-order valence-corrected chi connectivity index (χ1v) is 3.55. The number of hydrazone groups is 1. The fraction of sp³-hybridized carbons (Fsp3) is 0.857. The minimum Gasteiger partial charge on any atom is -0.299 e. The third-order valence-electron chi connectivity index (χ3n) is 1.74. The molecule has 1 aliphatic heterocycles. The first kappa shape index (κ1) is 7.51. The molecule has 2 nitrogen and oxygen atoms in total. The summed E-state index contributed by atoms with van der Waals surface area (Å²) in [6.45, 7) is 4.39. The largest absolute Gasteiger partial charge is 0.299 e. The minimum absolute atomic E-state index is 0.282. The summed E-state index contributed by atoms with van der Waals surface area (Å²) in [5.74, 6) is 0.282. The highest BCUT2D eigenvalue weighted by Crippen LogP contribution is 2.14. The first-order valence-electron chi connectivity index (χ1n) is 3.55. The van der Waals surface area contributed by atoms with Gasteiger partial charge in [-0.2, -0.15) is 5.10 Å². The fourth-order valence-electron chi connectivity index (χ4n) is 1.30. The van der Waals surface area contributed by atoms with Crippen LogP contribution in [0.3, 0.4) is 0 Å². The predicted octanol–water partition coefficient (Wildman–Crippen LogP) is 1.28. The lowest BCUT2D eigenvalue weighted by Gasteiger charge is -2.05. The summed E-state index contributed by atoms with van der Waals surface area (Å²) in [6.07, 6.45) is -0.889. The number of hydrogen-bond donors (Lipinski definition) is 0. The van der Waals surface area contributed by atoms with Gasteiger partial charge in [0.15, 0.2) is 0 Å². The van der Waals surface area contributed by atoms with Crippen molar-refractivity contribution in [1.29, 1.82) is 0 Å². The second-order valence-electron chi connectivity index (χ2n) is 2.88. The maximum Gasteiger partial charge on any atom is 0.137 e. The molecule has 0 bridgehead atoms. The molecule has 0 spiro atoms. The topological polar surface area (TPSA) is 15.6 Å². The Morgan fingerprint density at radius 1 is 1.80 bits per heavy atom. The van der Waals surface area contributed by atoms with E-state index < -0.39 is 6.17 Å². The van der Waals surface area contributed by atoms with Crippen molar-refractivity contribution in [3.05, 3.63) is 0 Å². The quantitative estimate of drug-likeness (QED) is 0.541. The Morgan fingerprint density at radius 2 is 2.40 bits per heavy atom. The maximum absolute atomic E-state index is 12.7. The molecule has 58 valence electrons. The summed E-state index contributed by atoms with van der Waals surface area (Å²) < 4.78 is 12.7. The lowest BCUT2D eigenvalue weighted by molar-refractivity contribution is 0.368. The Morgan fingerprint density at radius 3 is 2.60 bits per heavy atom. The molecule has 0 N–H and O–H groups in total. The molecule has 0 aliphatic carbocycles. The van der Waals surface area contributed by atoms with Crippen molar-refractivity contribution >= 4 is 5.71 Å². The summed E-state index contributed by atoms with van der Waals surface area (Å²) in [7, 11) is 1.87. The standard InChI is InChI=1S/C7H13FN2/c1-5-4-10(3)9-7(5)6(2)8/h5-6H,4H2,1-3H3. The van der Waals surface area contributed by atoms with Gasteiger partial charge in [0.25, 0.3) is 0 Å². The molecule has 0 aromatic carbocycles. The molecule has 0 aromatic rings. The summed E-state index contributed by atoms with van der Waals surface area (Å²) >= 11 is 0. The number of nitrogens with zero attached hydrogens (tertiary/aromatic N) is 2. The molecule has 0 saturated carbocycles. The van der Waals surface area contributed by atoms with Gasteiger partial charge in [0.2, 0.25) is 0 Å². The highest BCUT2D eigenvalue weighted by Gasteiger charge is 2.24. The highest BCUT2D eigenvalue weighted by molar-refractivity contribution is 5.91. The Kier molecular flexibility index (Phi) is 1.92. The van der Waals surface area contributed by atoms with Crippen LogP contribution in [0.2, 0.25) is 0 Å². The smallest absolute Gasteiger partial charge is 0.137 e. The van der Waals surface area contributed by atoms with Crippen molar-refractivity contribution in [3.8, 4) is 0 Å². The fourth-order valence-corrected chi connectivity index (χ4v) is 1.30. The zero-order valence-corrected chi connectivity index (χ0v) is 6.63. The van der Waals surface area contributed by atoms with Gasteiger partial charge in [-0.05, 0) is 6.92 Å². The van der Waals surface area contributed by atoms with Gasteiger partial charge in [-0.1, -0.05) is 6.92 Å². The van der Waals surface area contributed by atoms with E-state index in [2.05, 4.69) is 5.10 Å². The molecule has 1 aliphatic rings. The first-order chi connectivity index (χ1) is 4.61. The zero-order chi connectivity index (χ0) is 7.72. The van der Waals surface area contributed by atoms with Crippen molar-refractivity contribution in [2.24, 2.45) is 11.0 Å². The van der Waals surface area contributed by atoms with Crippen LogP contribution in [0, 0.1) is 5.92 Å². The lowest BCUT2D eigenvalue weighted by atomic mass is 10.0. The van der Waals surface area contributed by atoms with Crippen molar-refractivity contribution < 1.29 is 4.39 Å². The zero-order valence-electron chi connectivity index (χ0n) is 6.63. The number of rotatable bonds is 1. The highest BCUT2D eigenvalue weighted by atomic mass is 19.1. The monoisotopic (exact) mass is 144 g/mol. The van der Waals surface area contributed by atoms with E-state index in [9.17, 15) is 4.39 Å². The van der Waals surface area contributed by atoms with Gasteiger partial charge in [-0.15, -0.1) is 0 Å². The molecular weight excluding hydrogens is 131 g/mol.